The van der Waals surface area contributed by atoms with Crippen LogP contribution in [0.1, 0.15) is 17.7 Å². The fraction of sp³-hybridized carbons (Fsp3) is 0.211. The number of rotatable bonds is 5. The molecule has 1 heterocycles. The molecule has 0 spiro atoms. The predicted molar refractivity (Wildman–Crippen MR) is 98.4 cm³/mol. The molecule has 0 amide bonds. The summed E-state index contributed by atoms with van der Waals surface area (Å²) in [5, 5.41) is 3.58. The summed E-state index contributed by atoms with van der Waals surface area (Å²) in [6.07, 6.45) is -7.56. The van der Waals surface area contributed by atoms with E-state index < -0.39 is 56.3 Å². The molecular weight excluding hydrogens is 469 g/mol. The van der Waals surface area contributed by atoms with Crippen molar-refractivity contribution < 1.29 is 43.9 Å². The first-order valence-electron chi connectivity index (χ1n) is 8.61. The summed E-state index contributed by atoms with van der Waals surface area (Å²) in [5.74, 6) is -3.61. The first-order valence-corrected chi connectivity index (χ1v) is 10.5. The van der Waals surface area contributed by atoms with Crippen LogP contribution in [0.4, 0.5) is 30.7 Å². The molecule has 1 aromatic heterocycles. The molecule has 2 aromatic carbocycles. The van der Waals surface area contributed by atoms with Gasteiger partial charge in [-0.1, -0.05) is 12.1 Å². The SMILES string of the molecule is Cc1ccc(-c2cc(C(F)F)nn2-c2cc(F)c(S(C)(=O)=O)c(F)c2)cc1OC(F)(F)F. The van der Waals surface area contributed by atoms with E-state index in [0.29, 0.717) is 23.1 Å². The molecule has 0 unspecified atom stereocenters. The summed E-state index contributed by atoms with van der Waals surface area (Å²) in [6.45, 7) is 1.32. The molecular formula is C19H13F7N2O3S. The minimum atomic E-state index is -5.02. The lowest BCUT2D eigenvalue weighted by Gasteiger charge is -2.14. The molecule has 3 aromatic rings. The van der Waals surface area contributed by atoms with Gasteiger partial charge in [-0.15, -0.1) is 13.2 Å². The predicted octanol–water partition coefficient (Wildman–Crippen LogP) is 5.37. The quantitative estimate of drug-likeness (QED) is 0.459. The van der Waals surface area contributed by atoms with Crippen molar-refractivity contribution in [3.8, 4) is 22.7 Å². The molecule has 0 saturated heterocycles. The maximum atomic E-state index is 14.3. The zero-order chi connectivity index (χ0) is 24.0. The fourth-order valence-corrected chi connectivity index (χ4v) is 3.75. The molecule has 5 nitrogen and oxygen atoms in total. The minimum absolute atomic E-state index is 0.0812. The molecule has 0 aliphatic heterocycles. The third-order valence-electron chi connectivity index (χ3n) is 4.26. The van der Waals surface area contributed by atoms with Crippen molar-refractivity contribution in [1.29, 1.82) is 0 Å². The van der Waals surface area contributed by atoms with Gasteiger partial charge in [0, 0.05) is 24.0 Å². The van der Waals surface area contributed by atoms with E-state index >= 15 is 0 Å². The Bertz CT molecular complexity index is 1260. The van der Waals surface area contributed by atoms with E-state index in [9.17, 15) is 39.2 Å². The van der Waals surface area contributed by atoms with Crippen LogP contribution in [-0.2, 0) is 9.84 Å². The molecule has 0 radical (unpaired) electrons. The van der Waals surface area contributed by atoms with Crippen LogP contribution >= 0.6 is 0 Å². The van der Waals surface area contributed by atoms with Gasteiger partial charge < -0.3 is 4.74 Å². The van der Waals surface area contributed by atoms with Crippen LogP contribution in [0.15, 0.2) is 41.3 Å². The van der Waals surface area contributed by atoms with E-state index in [1.54, 1.807) is 0 Å². The van der Waals surface area contributed by atoms with Gasteiger partial charge in [0.25, 0.3) is 6.43 Å². The highest BCUT2D eigenvalue weighted by Gasteiger charge is 2.32. The van der Waals surface area contributed by atoms with Crippen LogP contribution in [0, 0.1) is 18.6 Å². The maximum absolute atomic E-state index is 14.3. The Morgan fingerprint density at radius 3 is 2.12 bits per heavy atom. The second-order valence-corrected chi connectivity index (χ2v) is 8.66. The molecule has 13 heteroatoms. The molecule has 0 aliphatic rings. The Morgan fingerprint density at radius 1 is 1.03 bits per heavy atom. The van der Waals surface area contributed by atoms with Crippen LogP contribution in [0.3, 0.4) is 0 Å². The second-order valence-electron chi connectivity index (χ2n) is 6.71. The van der Waals surface area contributed by atoms with Crippen LogP contribution in [0.25, 0.3) is 16.9 Å². The molecule has 32 heavy (non-hydrogen) atoms. The van der Waals surface area contributed by atoms with E-state index in [1.807, 2.05) is 0 Å². The highest BCUT2D eigenvalue weighted by atomic mass is 32.2. The minimum Gasteiger partial charge on any atom is -0.405 e. The molecule has 3 rings (SSSR count). The van der Waals surface area contributed by atoms with Gasteiger partial charge >= 0.3 is 6.36 Å². The van der Waals surface area contributed by atoms with Gasteiger partial charge in [0.2, 0.25) is 0 Å². The Labute approximate surface area is 177 Å². The van der Waals surface area contributed by atoms with E-state index in [1.165, 1.54) is 19.1 Å². The Hall–Kier alpha value is -3.09. The van der Waals surface area contributed by atoms with Gasteiger partial charge in [-0.2, -0.15) is 5.10 Å². The van der Waals surface area contributed by atoms with E-state index in [0.717, 1.165) is 12.1 Å². The Kier molecular flexibility index (Phi) is 5.98. The van der Waals surface area contributed by atoms with Crippen LogP contribution < -0.4 is 4.74 Å². The van der Waals surface area contributed by atoms with Gasteiger partial charge in [0.1, 0.15) is 28.0 Å². The van der Waals surface area contributed by atoms with Gasteiger partial charge in [0.05, 0.1) is 11.4 Å². The average molecular weight is 482 g/mol. The molecule has 0 aliphatic carbocycles. The molecule has 172 valence electrons. The zero-order valence-electron chi connectivity index (χ0n) is 16.2. The third kappa shape index (κ3) is 4.87. The number of aromatic nitrogens is 2. The number of benzene rings is 2. The smallest absolute Gasteiger partial charge is 0.405 e. The number of nitrogens with zero attached hydrogens (tertiary/aromatic N) is 2. The lowest BCUT2D eigenvalue weighted by molar-refractivity contribution is -0.274. The van der Waals surface area contributed by atoms with Crippen LogP contribution in [0.2, 0.25) is 0 Å². The summed E-state index contributed by atoms with van der Waals surface area (Å²) >= 11 is 0. The first kappa shape index (κ1) is 23.6. The summed E-state index contributed by atoms with van der Waals surface area (Å²) in [7, 11) is -4.28. The summed E-state index contributed by atoms with van der Waals surface area (Å²) in [5.41, 5.74) is -1.53. The lowest BCUT2D eigenvalue weighted by Crippen LogP contribution is -2.17. The summed E-state index contributed by atoms with van der Waals surface area (Å²) in [4.78, 5) is -1.22. The number of hydrogen-bond donors (Lipinski definition) is 0. The largest absolute Gasteiger partial charge is 0.573 e. The Balaban J connectivity index is 2.22. The number of halogens is 7. The van der Waals surface area contributed by atoms with Crippen molar-refractivity contribution in [3.05, 3.63) is 59.3 Å². The van der Waals surface area contributed by atoms with Crippen LogP contribution in [-0.4, -0.2) is 30.8 Å². The fourth-order valence-electron chi connectivity index (χ4n) is 2.93. The second kappa shape index (κ2) is 8.11. The monoisotopic (exact) mass is 482 g/mol. The first-order chi connectivity index (χ1) is 14.7. The Morgan fingerprint density at radius 2 is 1.62 bits per heavy atom. The van der Waals surface area contributed by atoms with Crippen molar-refractivity contribution in [1.82, 2.24) is 9.78 Å². The third-order valence-corrected chi connectivity index (χ3v) is 5.39. The average Bonchev–Trinajstić information content (AvgIpc) is 3.06. The lowest BCUT2D eigenvalue weighted by atomic mass is 10.1. The molecule has 0 atom stereocenters. The molecule has 0 bridgehead atoms. The van der Waals surface area contributed by atoms with Gasteiger partial charge in [-0.05, 0) is 24.6 Å². The van der Waals surface area contributed by atoms with E-state index in [4.69, 9.17) is 0 Å². The van der Waals surface area contributed by atoms with Gasteiger partial charge in [-0.3, -0.25) is 0 Å². The topological polar surface area (TPSA) is 61.2 Å². The van der Waals surface area contributed by atoms with Crippen molar-refractivity contribution in [2.45, 2.75) is 24.6 Å². The number of hydrogen-bond acceptors (Lipinski definition) is 4. The molecule has 0 saturated carbocycles. The molecule has 0 N–H and O–H groups in total. The van der Waals surface area contributed by atoms with E-state index in [-0.39, 0.29) is 16.8 Å². The van der Waals surface area contributed by atoms with Crippen molar-refractivity contribution in [2.75, 3.05) is 6.26 Å². The summed E-state index contributed by atoms with van der Waals surface area (Å²) in [6, 6.07) is 5.36. The van der Waals surface area contributed by atoms with Crippen molar-refractivity contribution in [3.63, 3.8) is 0 Å². The van der Waals surface area contributed by atoms with Crippen molar-refractivity contribution >= 4 is 9.84 Å². The molecule has 0 fully saturated rings. The highest BCUT2D eigenvalue weighted by Crippen LogP contribution is 2.34. The van der Waals surface area contributed by atoms with E-state index in [2.05, 4.69) is 9.84 Å². The van der Waals surface area contributed by atoms with Gasteiger partial charge in [0.15, 0.2) is 9.84 Å². The normalized spacial score (nSPS) is 12.4. The summed E-state index contributed by atoms with van der Waals surface area (Å²) < 4.78 is 121. The standard InChI is InChI=1S/C19H13F7N2O3S/c1-9-3-4-10(5-16(9)31-19(24,25)26)15-8-14(18(22)23)27-28(15)11-6-12(20)17(13(21)7-11)32(2,29)30/h3-8,18H,1-2H3. The number of aryl methyl sites for hydroxylation is 1. The maximum Gasteiger partial charge on any atom is 0.573 e. The number of sulfone groups is 1. The zero-order valence-corrected chi connectivity index (χ0v) is 17.0. The number of alkyl halides is 5. The van der Waals surface area contributed by atoms with Crippen LogP contribution in [0.5, 0.6) is 5.75 Å². The highest BCUT2D eigenvalue weighted by molar-refractivity contribution is 7.90. The number of ether oxygens (including phenoxy) is 1. The van der Waals surface area contributed by atoms with Crippen molar-refractivity contribution in [2.24, 2.45) is 0 Å². The van der Waals surface area contributed by atoms with Gasteiger partial charge in [-0.25, -0.2) is 30.7 Å².